The number of nitrogens with zero attached hydrogens (tertiary/aromatic N) is 1. The van der Waals surface area contributed by atoms with Gasteiger partial charge in [0.05, 0.1) is 16.3 Å². The van der Waals surface area contributed by atoms with E-state index in [0.29, 0.717) is 13.0 Å². The zero-order valence-electron chi connectivity index (χ0n) is 11.2. The molecule has 1 aliphatic rings. The minimum atomic E-state index is -1.10. The van der Waals surface area contributed by atoms with Gasteiger partial charge in [0.15, 0.2) is 0 Å². The lowest BCUT2D eigenvalue weighted by Crippen LogP contribution is -2.42. The van der Waals surface area contributed by atoms with E-state index < -0.39 is 18.0 Å². The summed E-state index contributed by atoms with van der Waals surface area (Å²) in [7, 11) is 1.67. The highest BCUT2D eigenvalue weighted by Gasteiger charge is 2.30. The summed E-state index contributed by atoms with van der Waals surface area (Å²) in [4.78, 5) is 35.8. The molecule has 1 fully saturated rings. The molecule has 112 valence electrons. The van der Waals surface area contributed by atoms with Crippen LogP contribution in [0.4, 0.5) is 10.5 Å². The number of urea groups is 1. The number of anilines is 1. The van der Waals surface area contributed by atoms with Crippen LogP contribution in [0.3, 0.4) is 0 Å². The molecular formula is C13H14ClN3O4. The lowest BCUT2D eigenvalue weighted by Gasteiger charge is -2.13. The largest absolute Gasteiger partial charge is 0.478 e. The van der Waals surface area contributed by atoms with E-state index in [0.717, 1.165) is 0 Å². The van der Waals surface area contributed by atoms with Gasteiger partial charge in [-0.15, -0.1) is 0 Å². The number of nitrogens with one attached hydrogen (secondary N) is 2. The van der Waals surface area contributed by atoms with E-state index in [2.05, 4.69) is 10.6 Å². The van der Waals surface area contributed by atoms with Crippen molar-refractivity contribution in [3.05, 3.63) is 28.8 Å². The normalized spacial score (nSPS) is 17.7. The number of benzene rings is 1. The monoisotopic (exact) mass is 311 g/mol. The van der Waals surface area contributed by atoms with Crippen molar-refractivity contribution < 1.29 is 19.5 Å². The lowest BCUT2D eigenvalue weighted by atomic mass is 10.2. The van der Waals surface area contributed by atoms with Gasteiger partial charge in [-0.25, -0.2) is 9.59 Å². The average molecular weight is 312 g/mol. The number of aromatic carboxylic acids is 1. The van der Waals surface area contributed by atoms with Gasteiger partial charge in [-0.3, -0.25) is 4.79 Å². The van der Waals surface area contributed by atoms with Gasteiger partial charge >= 0.3 is 12.0 Å². The maximum atomic E-state index is 11.8. The number of amides is 3. The van der Waals surface area contributed by atoms with Gasteiger partial charge in [-0.1, -0.05) is 11.6 Å². The Morgan fingerprint density at radius 2 is 2.14 bits per heavy atom. The summed E-state index contributed by atoms with van der Waals surface area (Å²) in [6.45, 7) is 0.595. The first-order valence-electron chi connectivity index (χ1n) is 6.24. The van der Waals surface area contributed by atoms with E-state index in [-0.39, 0.29) is 22.2 Å². The molecule has 1 atom stereocenters. The smallest absolute Gasteiger partial charge is 0.335 e. The molecule has 0 bridgehead atoms. The number of carboxylic acid groups (broad SMARTS) is 1. The summed E-state index contributed by atoms with van der Waals surface area (Å²) in [6, 6.07) is 2.86. The van der Waals surface area contributed by atoms with Gasteiger partial charge < -0.3 is 20.6 Å². The van der Waals surface area contributed by atoms with E-state index in [9.17, 15) is 14.4 Å². The van der Waals surface area contributed by atoms with Crippen molar-refractivity contribution in [1.82, 2.24) is 10.2 Å². The van der Waals surface area contributed by atoms with Crippen LogP contribution in [-0.2, 0) is 4.79 Å². The number of halogens is 1. The third kappa shape index (κ3) is 3.43. The van der Waals surface area contributed by atoms with Gasteiger partial charge in [-0.2, -0.15) is 0 Å². The molecule has 1 saturated heterocycles. The molecule has 0 saturated carbocycles. The second-order valence-electron chi connectivity index (χ2n) is 4.70. The van der Waals surface area contributed by atoms with Crippen LogP contribution >= 0.6 is 11.6 Å². The molecule has 1 unspecified atom stereocenters. The van der Waals surface area contributed by atoms with Crippen molar-refractivity contribution in [1.29, 1.82) is 0 Å². The summed E-state index contributed by atoms with van der Waals surface area (Å²) in [5.41, 5.74) is 0.302. The predicted molar refractivity (Wildman–Crippen MR) is 76.6 cm³/mol. The molecule has 8 heteroatoms. The SMILES string of the molecule is CN1CCC(NC(=O)Nc2ccc(C(=O)O)cc2Cl)C1=O. The minimum Gasteiger partial charge on any atom is -0.478 e. The fourth-order valence-electron chi connectivity index (χ4n) is 2.02. The second-order valence-corrected chi connectivity index (χ2v) is 5.11. The van der Waals surface area contributed by atoms with E-state index in [1.54, 1.807) is 11.9 Å². The highest BCUT2D eigenvalue weighted by molar-refractivity contribution is 6.34. The Balaban J connectivity index is 2.00. The highest BCUT2D eigenvalue weighted by atomic mass is 35.5. The Labute approximate surface area is 125 Å². The van der Waals surface area contributed by atoms with Crippen molar-refractivity contribution in [3.8, 4) is 0 Å². The van der Waals surface area contributed by atoms with E-state index >= 15 is 0 Å². The molecule has 3 N–H and O–H groups in total. The third-order valence-corrected chi connectivity index (χ3v) is 3.51. The number of rotatable bonds is 3. The standard InChI is InChI=1S/C13H14ClN3O4/c1-17-5-4-10(11(17)18)16-13(21)15-9-3-2-7(12(19)20)6-8(9)14/h2-3,6,10H,4-5H2,1H3,(H,19,20)(H2,15,16,21). The predicted octanol–water partition coefficient (Wildman–Crippen LogP) is 1.39. The molecule has 0 aromatic heterocycles. The summed E-state index contributed by atoms with van der Waals surface area (Å²) in [5.74, 6) is -1.25. The van der Waals surface area contributed by atoms with E-state index in [4.69, 9.17) is 16.7 Å². The number of carbonyl (C=O) groups is 3. The van der Waals surface area contributed by atoms with Crippen molar-refractivity contribution in [2.45, 2.75) is 12.5 Å². The third-order valence-electron chi connectivity index (χ3n) is 3.20. The maximum Gasteiger partial charge on any atom is 0.335 e. The Morgan fingerprint density at radius 3 is 2.67 bits per heavy atom. The first-order valence-corrected chi connectivity index (χ1v) is 6.61. The fourth-order valence-corrected chi connectivity index (χ4v) is 2.25. The molecule has 3 amide bonds. The number of carboxylic acids is 1. The number of likely N-dealkylation sites (N-methyl/N-ethyl adjacent to an activating group) is 1. The molecule has 1 heterocycles. The maximum absolute atomic E-state index is 11.8. The van der Waals surface area contributed by atoms with Crippen LogP contribution in [0.2, 0.25) is 5.02 Å². The van der Waals surface area contributed by atoms with Gasteiger partial charge in [-0.05, 0) is 24.6 Å². The topological polar surface area (TPSA) is 98.7 Å². The summed E-state index contributed by atoms with van der Waals surface area (Å²) in [6.07, 6.45) is 0.550. The molecule has 1 aliphatic heterocycles. The lowest BCUT2D eigenvalue weighted by molar-refractivity contribution is -0.128. The molecule has 0 aliphatic carbocycles. The molecule has 1 aromatic rings. The minimum absolute atomic E-state index is 0.0264. The van der Waals surface area contributed by atoms with Crippen LogP contribution < -0.4 is 10.6 Å². The first-order chi connectivity index (χ1) is 9.88. The number of hydrogen-bond acceptors (Lipinski definition) is 3. The Kier molecular flexibility index (Phi) is 4.32. The zero-order valence-corrected chi connectivity index (χ0v) is 12.0. The number of likely N-dealkylation sites (tertiary alicyclic amines) is 1. The van der Waals surface area contributed by atoms with Crippen LogP contribution in [0.1, 0.15) is 16.8 Å². The van der Waals surface area contributed by atoms with Gasteiger partial charge in [0.25, 0.3) is 0 Å². The summed E-state index contributed by atoms with van der Waals surface area (Å²) >= 11 is 5.91. The van der Waals surface area contributed by atoms with Crippen molar-refractivity contribution in [3.63, 3.8) is 0 Å². The van der Waals surface area contributed by atoms with Crippen molar-refractivity contribution in [2.24, 2.45) is 0 Å². The van der Waals surface area contributed by atoms with Crippen LogP contribution in [0.5, 0.6) is 0 Å². The molecule has 1 aromatic carbocycles. The van der Waals surface area contributed by atoms with Crippen molar-refractivity contribution in [2.75, 3.05) is 18.9 Å². The Morgan fingerprint density at radius 1 is 1.43 bits per heavy atom. The molecular weight excluding hydrogens is 298 g/mol. The number of hydrogen-bond donors (Lipinski definition) is 3. The van der Waals surface area contributed by atoms with Crippen LogP contribution in [0.15, 0.2) is 18.2 Å². The van der Waals surface area contributed by atoms with E-state index in [1.807, 2.05) is 0 Å². The molecule has 0 spiro atoms. The van der Waals surface area contributed by atoms with Crippen LogP contribution in [0, 0.1) is 0 Å². The quantitative estimate of drug-likeness (QED) is 0.785. The molecule has 2 rings (SSSR count). The van der Waals surface area contributed by atoms with Crippen LogP contribution in [0.25, 0.3) is 0 Å². The summed E-state index contributed by atoms with van der Waals surface area (Å²) < 4.78 is 0. The molecule has 21 heavy (non-hydrogen) atoms. The van der Waals surface area contributed by atoms with Gasteiger partial charge in [0.1, 0.15) is 6.04 Å². The molecule has 0 radical (unpaired) electrons. The Bertz CT molecular complexity index is 605. The van der Waals surface area contributed by atoms with Gasteiger partial charge in [0.2, 0.25) is 5.91 Å². The zero-order chi connectivity index (χ0) is 15.6. The fraction of sp³-hybridized carbons (Fsp3) is 0.308. The summed E-state index contributed by atoms with van der Waals surface area (Å²) in [5, 5.41) is 14.0. The second kappa shape index (κ2) is 6.01. The average Bonchev–Trinajstić information content (AvgIpc) is 2.73. The number of carbonyl (C=O) groups excluding carboxylic acids is 2. The molecule has 7 nitrogen and oxygen atoms in total. The van der Waals surface area contributed by atoms with E-state index in [1.165, 1.54) is 18.2 Å². The highest BCUT2D eigenvalue weighted by Crippen LogP contribution is 2.23. The Hall–Kier alpha value is -2.28. The first kappa shape index (κ1) is 15.1. The van der Waals surface area contributed by atoms with Crippen molar-refractivity contribution >= 4 is 35.2 Å². The van der Waals surface area contributed by atoms with Gasteiger partial charge in [0, 0.05) is 13.6 Å². The van der Waals surface area contributed by atoms with Crippen LogP contribution in [-0.4, -0.2) is 47.5 Å².